The van der Waals surface area contributed by atoms with Gasteiger partial charge in [-0.25, -0.2) is 9.94 Å². The van der Waals surface area contributed by atoms with E-state index in [0.717, 1.165) is 22.2 Å². The molecule has 19 heavy (non-hydrogen) atoms. The number of nitrogens with one attached hydrogen (secondary N) is 1. The lowest BCUT2D eigenvalue weighted by Crippen LogP contribution is -2.29. The molecule has 0 radical (unpaired) electrons. The van der Waals surface area contributed by atoms with Gasteiger partial charge in [0.25, 0.3) is 0 Å². The zero-order chi connectivity index (χ0) is 13.2. The molecule has 3 aromatic heterocycles. The van der Waals surface area contributed by atoms with Gasteiger partial charge >= 0.3 is 0 Å². The molecule has 0 aliphatic rings. The van der Waals surface area contributed by atoms with Crippen molar-refractivity contribution in [3.05, 3.63) is 65.7 Å². The van der Waals surface area contributed by atoms with E-state index in [4.69, 9.17) is 5.84 Å². The third-order valence-corrected chi connectivity index (χ3v) is 3.32. The van der Waals surface area contributed by atoms with Gasteiger partial charge in [0.15, 0.2) is 0 Å². The van der Waals surface area contributed by atoms with Crippen molar-refractivity contribution < 1.29 is 0 Å². The molecule has 5 heteroatoms. The summed E-state index contributed by atoms with van der Waals surface area (Å²) in [6.07, 6.45) is 7.38. The molecule has 0 spiro atoms. The third-order valence-electron chi connectivity index (χ3n) is 3.32. The maximum absolute atomic E-state index is 5.74. The van der Waals surface area contributed by atoms with Crippen LogP contribution in [0.1, 0.15) is 22.7 Å². The molecular weight excluding hydrogens is 238 g/mol. The van der Waals surface area contributed by atoms with Gasteiger partial charge in [-0.15, -0.1) is 0 Å². The molecule has 3 N–H and O–H groups in total. The van der Waals surface area contributed by atoms with Crippen LogP contribution >= 0.6 is 0 Å². The van der Waals surface area contributed by atoms with Crippen LogP contribution < -0.4 is 11.3 Å². The van der Waals surface area contributed by atoms with Crippen molar-refractivity contribution in [1.82, 2.24) is 20.0 Å². The van der Waals surface area contributed by atoms with Crippen molar-refractivity contribution in [2.24, 2.45) is 5.84 Å². The van der Waals surface area contributed by atoms with Gasteiger partial charge in [0.1, 0.15) is 0 Å². The van der Waals surface area contributed by atoms with E-state index in [1.165, 1.54) is 0 Å². The van der Waals surface area contributed by atoms with E-state index in [2.05, 4.69) is 15.5 Å². The predicted octanol–water partition coefficient (Wildman–Crippen LogP) is 1.59. The molecule has 1 atom stereocenters. The lowest BCUT2D eigenvalue weighted by Gasteiger charge is -2.17. The van der Waals surface area contributed by atoms with Gasteiger partial charge < -0.3 is 0 Å². The number of fused-ring (bicyclic) bond motifs is 1. The second kappa shape index (κ2) is 4.79. The molecule has 3 aromatic rings. The van der Waals surface area contributed by atoms with Crippen LogP contribution in [0.2, 0.25) is 0 Å². The van der Waals surface area contributed by atoms with Gasteiger partial charge in [0.05, 0.1) is 17.8 Å². The van der Waals surface area contributed by atoms with Crippen molar-refractivity contribution in [3.8, 4) is 0 Å². The summed E-state index contributed by atoms with van der Waals surface area (Å²) in [7, 11) is 0. The summed E-state index contributed by atoms with van der Waals surface area (Å²) in [5.41, 5.74) is 7.14. The smallest absolute Gasteiger partial charge is 0.0764 e. The van der Waals surface area contributed by atoms with Crippen LogP contribution in [-0.4, -0.2) is 14.6 Å². The van der Waals surface area contributed by atoms with Crippen LogP contribution in [0.5, 0.6) is 0 Å². The van der Waals surface area contributed by atoms with Crippen molar-refractivity contribution >= 4 is 5.52 Å². The van der Waals surface area contributed by atoms with Gasteiger partial charge in [-0.2, -0.15) is 5.10 Å². The van der Waals surface area contributed by atoms with E-state index in [1.54, 1.807) is 6.20 Å². The summed E-state index contributed by atoms with van der Waals surface area (Å²) < 4.78 is 1.84. The number of aryl methyl sites for hydroxylation is 1. The lowest BCUT2D eigenvalue weighted by atomic mass is 9.98. The summed E-state index contributed by atoms with van der Waals surface area (Å²) in [6, 6.07) is 7.83. The van der Waals surface area contributed by atoms with Crippen molar-refractivity contribution in [3.63, 3.8) is 0 Å². The average Bonchev–Trinajstić information content (AvgIpc) is 2.86. The fourth-order valence-electron chi connectivity index (χ4n) is 2.30. The van der Waals surface area contributed by atoms with Crippen LogP contribution in [0.15, 0.2) is 49.1 Å². The highest BCUT2D eigenvalue weighted by Crippen LogP contribution is 2.26. The first kappa shape index (κ1) is 11.8. The Labute approximate surface area is 111 Å². The molecule has 3 rings (SSSR count). The van der Waals surface area contributed by atoms with Gasteiger partial charge in [-0.1, -0.05) is 6.07 Å². The molecule has 0 aliphatic carbocycles. The summed E-state index contributed by atoms with van der Waals surface area (Å²) in [4.78, 5) is 4.18. The normalized spacial score (nSPS) is 12.7. The first-order valence-corrected chi connectivity index (χ1v) is 6.10. The Kier molecular flexibility index (Phi) is 2.98. The Bertz CT molecular complexity index is 704. The lowest BCUT2D eigenvalue weighted by molar-refractivity contribution is 0.635. The van der Waals surface area contributed by atoms with E-state index in [-0.39, 0.29) is 6.04 Å². The quantitative estimate of drug-likeness (QED) is 0.549. The molecule has 0 amide bonds. The second-order valence-electron chi connectivity index (χ2n) is 4.46. The van der Waals surface area contributed by atoms with Crippen LogP contribution in [0.4, 0.5) is 0 Å². The Morgan fingerprint density at radius 3 is 2.89 bits per heavy atom. The summed E-state index contributed by atoms with van der Waals surface area (Å²) in [6.45, 7) is 2.05. The molecule has 0 saturated heterocycles. The molecule has 1 unspecified atom stereocenters. The number of nitrogens with two attached hydrogens (primary N) is 1. The Morgan fingerprint density at radius 1 is 1.21 bits per heavy atom. The molecule has 0 bridgehead atoms. The fourth-order valence-corrected chi connectivity index (χ4v) is 2.30. The van der Waals surface area contributed by atoms with Crippen LogP contribution in [-0.2, 0) is 0 Å². The van der Waals surface area contributed by atoms with Crippen molar-refractivity contribution in [1.29, 1.82) is 0 Å². The maximum atomic E-state index is 5.74. The highest BCUT2D eigenvalue weighted by atomic mass is 15.3. The number of hydrogen-bond donors (Lipinski definition) is 2. The van der Waals surface area contributed by atoms with Crippen LogP contribution in [0, 0.1) is 6.92 Å². The SMILES string of the molecule is Cc1ccncc1C(NN)c1cnn2ccccc12. The molecule has 3 heterocycles. The maximum Gasteiger partial charge on any atom is 0.0764 e. The number of hydrazine groups is 1. The zero-order valence-electron chi connectivity index (χ0n) is 10.6. The summed E-state index contributed by atoms with van der Waals surface area (Å²) in [5.74, 6) is 5.74. The van der Waals surface area contributed by atoms with Gasteiger partial charge in [0, 0.05) is 24.2 Å². The minimum atomic E-state index is -0.117. The fraction of sp³-hybridized carbons (Fsp3) is 0.143. The molecule has 0 saturated carbocycles. The minimum absolute atomic E-state index is 0.117. The Hall–Kier alpha value is -2.24. The second-order valence-corrected chi connectivity index (χ2v) is 4.46. The number of pyridine rings is 2. The topological polar surface area (TPSA) is 68.2 Å². The van der Waals surface area contributed by atoms with E-state index in [9.17, 15) is 0 Å². The van der Waals surface area contributed by atoms with Gasteiger partial charge in [-0.05, 0) is 36.2 Å². The number of rotatable bonds is 3. The molecule has 0 aromatic carbocycles. The zero-order valence-corrected chi connectivity index (χ0v) is 10.6. The van der Waals surface area contributed by atoms with E-state index >= 15 is 0 Å². The number of aromatic nitrogens is 3. The van der Waals surface area contributed by atoms with Crippen LogP contribution in [0.3, 0.4) is 0 Å². The Balaban J connectivity index is 2.15. The van der Waals surface area contributed by atoms with E-state index < -0.39 is 0 Å². The Morgan fingerprint density at radius 2 is 2.11 bits per heavy atom. The standard InChI is InChI=1S/C14H15N5/c1-10-5-6-16-8-11(10)14(18-15)12-9-17-19-7-3-2-4-13(12)19/h2-9,14,18H,15H2,1H3. The highest BCUT2D eigenvalue weighted by molar-refractivity contribution is 5.57. The average molecular weight is 253 g/mol. The van der Waals surface area contributed by atoms with Gasteiger partial charge in [0.2, 0.25) is 0 Å². The minimum Gasteiger partial charge on any atom is -0.271 e. The largest absolute Gasteiger partial charge is 0.271 e. The van der Waals surface area contributed by atoms with Crippen molar-refractivity contribution in [2.45, 2.75) is 13.0 Å². The monoisotopic (exact) mass is 253 g/mol. The van der Waals surface area contributed by atoms with Gasteiger partial charge in [-0.3, -0.25) is 10.8 Å². The van der Waals surface area contributed by atoms with E-state index in [0.29, 0.717) is 0 Å². The number of nitrogens with zero attached hydrogens (tertiary/aromatic N) is 3. The third kappa shape index (κ3) is 1.99. The molecule has 5 nitrogen and oxygen atoms in total. The predicted molar refractivity (Wildman–Crippen MR) is 73.3 cm³/mol. The van der Waals surface area contributed by atoms with Crippen molar-refractivity contribution in [2.75, 3.05) is 0 Å². The van der Waals surface area contributed by atoms with E-state index in [1.807, 2.05) is 54.3 Å². The first-order valence-electron chi connectivity index (χ1n) is 6.10. The molecule has 0 aliphatic heterocycles. The molecular formula is C14H15N5. The van der Waals surface area contributed by atoms with Crippen LogP contribution in [0.25, 0.3) is 5.52 Å². The first-order chi connectivity index (χ1) is 9.31. The molecule has 0 fully saturated rings. The summed E-state index contributed by atoms with van der Waals surface area (Å²) >= 11 is 0. The molecule has 96 valence electrons. The number of hydrogen-bond acceptors (Lipinski definition) is 4. The highest BCUT2D eigenvalue weighted by Gasteiger charge is 2.18. The summed E-state index contributed by atoms with van der Waals surface area (Å²) in [5, 5.41) is 4.34.